The molecule has 0 fully saturated rings. The molecule has 0 aliphatic heterocycles. The van der Waals surface area contributed by atoms with Crippen LogP contribution >= 0.6 is 0 Å². The molecule has 1 atom stereocenters. The van der Waals surface area contributed by atoms with Gasteiger partial charge in [-0.1, -0.05) is 5.57 Å². The van der Waals surface area contributed by atoms with Crippen molar-refractivity contribution < 1.29 is 4.74 Å². The van der Waals surface area contributed by atoms with Gasteiger partial charge in [-0.3, -0.25) is 4.98 Å². The predicted molar refractivity (Wildman–Crippen MR) is 58.0 cm³/mol. The molecule has 2 heteroatoms. The molecule has 0 amide bonds. The minimum Gasteiger partial charge on any atom is -0.372 e. The molecule has 0 aromatic carbocycles. The second kappa shape index (κ2) is 4.91. The van der Waals surface area contributed by atoms with Crippen LogP contribution in [0.2, 0.25) is 0 Å². The predicted octanol–water partition coefficient (Wildman–Crippen LogP) is 3.13. The second-order valence-electron chi connectivity index (χ2n) is 3.58. The number of ether oxygens (including phenoxy) is 1. The van der Waals surface area contributed by atoms with Crippen molar-refractivity contribution in [3.8, 4) is 0 Å². The van der Waals surface area contributed by atoms with Gasteiger partial charge in [-0.15, -0.1) is 0 Å². The molecule has 0 saturated heterocycles. The summed E-state index contributed by atoms with van der Waals surface area (Å²) < 4.78 is 5.47. The largest absolute Gasteiger partial charge is 0.372 e. The number of allylic oxidation sites excluding steroid dienone is 1. The van der Waals surface area contributed by atoms with E-state index in [4.69, 9.17) is 4.74 Å². The smallest absolute Gasteiger partial charge is 0.103 e. The number of hydrogen-bond donors (Lipinski definition) is 0. The molecule has 0 N–H and O–H groups in total. The van der Waals surface area contributed by atoms with E-state index in [-0.39, 0.29) is 6.10 Å². The molecule has 1 rings (SSSR count). The first kappa shape index (κ1) is 10.9. The third-order valence-corrected chi connectivity index (χ3v) is 2.43. The average Bonchev–Trinajstić information content (AvgIpc) is 2.20. The number of rotatable bonds is 3. The van der Waals surface area contributed by atoms with Gasteiger partial charge < -0.3 is 4.74 Å². The van der Waals surface area contributed by atoms with Gasteiger partial charge in [0.1, 0.15) is 6.10 Å². The van der Waals surface area contributed by atoms with Crippen LogP contribution in [0.5, 0.6) is 0 Å². The molecule has 0 aliphatic carbocycles. The Morgan fingerprint density at radius 2 is 1.79 bits per heavy atom. The minimum absolute atomic E-state index is 0.0583. The Kier molecular flexibility index (Phi) is 3.84. The highest BCUT2D eigenvalue weighted by atomic mass is 16.5. The minimum atomic E-state index is 0.0583. The highest BCUT2D eigenvalue weighted by Gasteiger charge is 2.12. The van der Waals surface area contributed by atoms with Crippen molar-refractivity contribution in [2.24, 2.45) is 0 Å². The van der Waals surface area contributed by atoms with Gasteiger partial charge in [0.15, 0.2) is 0 Å². The van der Waals surface area contributed by atoms with E-state index in [2.05, 4.69) is 25.8 Å². The molecule has 0 radical (unpaired) electrons. The monoisotopic (exact) mass is 191 g/mol. The van der Waals surface area contributed by atoms with Crippen molar-refractivity contribution in [2.45, 2.75) is 26.9 Å². The molecular weight excluding hydrogens is 174 g/mol. The number of aromatic nitrogens is 1. The van der Waals surface area contributed by atoms with Crippen LogP contribution in [0.25, 0.3) is 0 Å². The van der Waals surface area contributed by atoms with Crippen LogP contribution in [-0.2, 0) is 4.74 Å². The summed E-state index contributed by atoms with van der Waals surface area (Å²) >= 11 is 0. The zero-order valence-corrected chi connectivity index (χ0v) is 9.24. The van der Waals surface area contributed by atoms with Gasteiger partial charge >= 0.3 is 0 Å². The quantitative estimate of drug-likeness (QED) is 0.685. The SMILES string of the molecule is COC(C(C)=C(C)C)c1ccncc1. The fourth-order valence-electron chi connectivity index (χ4n) is 1.36. The maximum absolute atomic E-state index is 5.47. The van der Waals surface area contributed by atoms with Crippen LogP contribution in [0.15, 0.2) is 35.7 Å². The molecule has 1 heterocycles. The fraction of sp³-hybridized carbons (Fsp3) is 0.417. The highest BCUT2D eigenvalue weighted by Crippen LogP contribution is 2.26. The third kappa shape index (κ3) is 2.42. The van der Waals surface area contributed by atoms with Gasteiger partial charge in [0.2, 0.25) is 0 Å². The molecule has 1 aromatic heterocycles. The first-order valence-corrected chi connectivity index (χ1v) is 4.73. The lowest BCUT2D eigenvalue weighted by Gasteiger charge is -2.17. The van der Waals surface area contributed by atoms with Gasteiger partial charge in [0, 0.05) is 19.5 Å². The Morgan fingerprint density at radius 3 is 2.21 bits per heavy atom. The second-order valence-corrected chi connectivity index (χ2v) is 3.58. The van der Waals surface area contributed by atoms with Crippen LogP contribution in [-0.4, -0.2) is 12.1 Å². The molecule has 1 aromatic rings. The van der Waals surface area contributed by atoms with E-state index < -0.39 is 0 Å². The van der Waals surface area contributed by atoms with Crippen molar-refractivity contribution in [3.63, 3.8) is 0 Å². The average molecular weight is 191 g/mol. The molecule has 2 nitrogen and oxygen atoms in total. The standard InChI is InChI=1S/C12H17NO/c1-9(2)10(3)12(14-4)11-5-7-13-8-6-11/h5-8,12H,1-4H3. The van der Waals surface area contributed by atoms with Gasteiger partial charge in [-0.2, -0.15) is 0 Å². The van der Waals surface area contributed by atoms with E-state index in [9.17, 15) is 0 Å². The van der Waals surface area contributed by atoms with Crippen molar-refractivity contribution in [1.29, 1.82) is 0 Å². The van der Waals surface area contributed by atoms with Gasteiger partial charge in [-0.05, 0) is 44.0 Å². The summed E-state index contributed by atoms with van der Waals surface area (Å²) in [6.45, 7) is 6.30. The summed E-state index contributed by atoms with van der Waals surface area (Å²) in [4.78, 5) is 3.99. The first-order valence-electron chi connectivity index (χ1n) is 4.73. The van der Waals surface area contributed by atoms with Crippen molar-refractivity contribution >= 4 is 0 Å². The summed E-state index contributed by atoms with van der Waals surface area (Å²) in [5.74, 6) is 0. The Hall–Kier alpha value is -1.15. The molecule has 76 valence electrons. The van der Waals surface area contributed by atoms with Crippen LogP contribution in [0, 0.1) is 0 Å². The Balaban J connectivity index is 3.00. The molecule has 0 spiro atoms. The summed E-state index contributed by atoms with van der Waals surface area (Å²) in [6.07, 6.45) is 3.64. The normalized spacial score (nSPS) is 12.3. The maximum Gasteiger partial charge on any atom is 0.103 e. The lowest BCUT2D eigenvalue weighted by Crippen LogP contribution is -2.04. The summed E-state index contributed by atoms with van der Waals surface area (Å²) in [7, 11) is 1.73. The van der Waals surface area contributed by atoms with E-state index in [1.807, 2.05) is 12.1 Å². The lowest BCUT2D eigenvalue weighted by atomic mass is 10.0. The molecular formula is C12H17NO. The molecule has 0 aliphatic rings. The van der Waals surface area contributed by atoms with E-state index in [1.165, 1.54) is 11.1 Å². The highest BCUT2D eigenvalue weighted by molar-refractivity contribution is 5.25. The van der Waals surface area contributed by atoms with E-state index >= 15 is 0 Å². The van der Waals surface area contributed by atoms with Crippen molar-refractivity contribution in [2.75, 3.05) is 7.11 Å². The van der Waals surface area contributed by atoms with Crippen LogP contribution < -0.4 is 0 Å². The summed E-state index contributed by atoms with van der Waals surface area (Å²) in [6, 6.07) is 3.97. The molecule has 1 unspecified atom stereocenters. The van der Waals surface area contributed by atoms with Gasteiger partial charge in [-0.25, -0.2) is 0 Å². The van der Waals surface area contributed by atoms with Gasteiger partial charge in [0.05, 0.1) is 0 Å². The number of hydrogen-bond acceptors (Lipinski definition) is 2. The van der Waals surface area contributed by atoms with Crippen LogP contribution in [0.1, 0.15) is 32.4 Å². The Labute approximate surface area is 85.6 Å². The topological polar surface area (TPSA) is 22.1 Å². The lowest BCUT2D eigenvalue weighted by molar-refractivity contribution is 0.132. The fourth-order valence-corrected chi connectivity index (χ4v) is 1.36. The van der Waals surface area contributed by atoms with E-state index in [0.717, 1.165) is 5.56 Å². The zero-order valence-electron chi connectivity index (χ0n) is 9.24. The molecule has 0 saturated carbocycles. The third-order valence-electron chi connectivity index (χ3n) is 2.43. The zero-order chi connectivity index (χ0) is 10.6. The first-order chi connectivity index (χ1) is 6.66. The molecule has 0 bridgehead atoms. The molecule has 14 heavy (non-hydrogen) atoms. The number of methoxy groups -OCH3 is 1. The Bertz CT molecular complexity index is 312. The van der Waals surface area contributed by atoms with Crippen LogP contribution in [0.4, 0.5) is 0 Å². The van der Waals surface area contributed by atoms with Crippen molar-refractivity contribution in [1.82, 2.24) is 4.98 Å². The number of nitrogens with zero attached hydrogens (tertiary/aromatic N) is 1. The summed E-state index contributed by atoms with van der Waals surface area (Å²) in [5, 5.41) is 0. The number of pyridine rings is 1. The summed E-state index contributed by atoms with van der Waals surface area (Å²) in [5.41, 5.74) is 3.72. The Morgan fingerprint density at radius 1 is 1.21 bits per heavy atom. The van der Waals surface area contributed by atoms with E-state index in [1.54, 1.807) is 19.5 Å². The maximum atomic E-state index is 5.47. The van der Waals surface area contributed by atoms with Crippen LogP contribution in [0.3, 0.4) is 0 Å². The van der Waals surface area contributed by atoms with E-state index in [0.29, 0.717) is 0 Å². The van der Waals surface area contributed by atoms with Crippen molar-refractivity contribution in [3.05, 3.63) is 41.2 Å². The van der Waals surface area contributed by atoms with Gasteiger partial charge in [0.25, 0.3) is 0 Å².